The Labute approximate surface area is 135 Å². The van der Waals surface area contributed by atoms with Crippen LogP contribution in [-0.2, 0) is 11.4 Å². The third kappa shape index (κ3) is 5.06. The molecule has 2 aromatic rings. The summed E-state index contributed by atoms with van der Waals surface area (Å²) in [7, 11) is 0. The summed E-state index contributed by atoms with van der Waals surface area (Å²) in [5, 5.41) is 3.55. The molecule has 2 aromatic carbocycles. The normalized spacial score (nSPS) is 11.7. The molecule has 0 aliphatic rings. The quantitative estimate of drug-likeness (QED) is 0.783. The Morgan fingerprint density at radius 2 is 1.82 bits per heavy atom. The first-order valence-electron chi connectivity index (χ1n) is 7.16. The van der Waals surface area contributed by atoms with Crippen LogP contribution in [0.3, 0.4) is 0 Å². The predicted molar refractivity (Wildman–Crippen MR) is 87.4 cm³/mol. The first kappa shape index (κ1) is 16.3. The van der Waals surface area contributed by atoms with Crippen LogP contribution >= 0.6 is 11.6 Å². The summed E-state index contributed by atoms with van der Waals surface area (Å²) in [6, 6.07) is 16.6. The number of hydrogen-bond acceptors (Lipinski definition) is 2. The second kappa shape index (κ2) is 8.41. The number of carbonyl (C=O) groups is 1. The van der Waals surface area contributed by atoms with Crippen LogP contribution in [0.2, 0.25) is 5.02 Å². The van der Waals surface area contributed by atoms with Crippen LogP contribution < -0.4 is 10.8 Å². The Balaban J connectivity index is 1.81. The Morgan fingerprint density at radius 3 is 2.45 bits per heavy atom. The SMILES string of the molecule is CCC(NC(=O)NOCc1ccccc1)c1ccc(Cl)cc1. The number of benzene rings is 2. The zero-order valence-corrected chi connectivity index (χ0v) is 13.1. The van der Waals surface area contributed by atoms with E-state index in [9.17, 15) is 4.79 Å². The van der Waals surface area contributed by atoms with Crippen LogP contribution in [0, 0.1) is 0 Å². The van der Waals surface area contributed by atoms with Gasteiger partial charge in [-0.15, -0.1) is 0 Å². The maximum atomic E-state index is 11.9. The number of nitrogens with one attached hydrogen (secondary N) is 2. The lowest BCUT2D eigenvalue weighted by atomic mass is 10.1. The molecule has 0 bridgehead atoms. The average Bonchev–Trinajstić information content (AvgIpc) is 2.54. The summed E-state index contributed by atoms with van der Waals surface area (Å²) >= 11 is 5.87. The standard InChI is InChI=1S/C17H19ClN2O2/c1-2-16(14-8-10-15(18)11-9-14)19-17(21)20-22-12-13-6-4-3-5-7-13/h3-11,16H,2,12H2,1H3,(H2,19,20,21). The minimum Gasteiger partial charge on any atom is -0.330 e. The fourth-order valence-electron chi connectivity index (χ4n) is 2.06. The molecule has 1 atom stereocenters. The van der Waals surface area contributed by atoms with E-state index in [1.807, 2.05) is 61.5 Å². The molecule has 116 valence electrons. The third-order valence-corrected chi connectivity index (χ3v) is 3.48. The first-order chi connectivity index (χ1) is 10.7. The zero-order valence-electron chi connectivity index (χ0n) is 12.4. The van der Waals surface area contributed by atoms with Gasteiger partial charge in [-0.3, -0.25) is 4.84 Å². The molecule has 0 saturated carbocycles. The molecule has 2 rings (SSSR count). The molecule has 5 heteroatoms. The molecule has 0 aromatic heterocycles. The molecule has 0 spiro atoms. The summed E-state index contributed by atoms with van der Waals surface area (Å²) in [6.45, 7) is 2.33. The van der Waals surface area contributed by atoms with Gasteiger partial charge in [-0.05, 0) is 29.7 Å². The van der Waals surface area contributed by atoms with E-state index in [2.05, 4.69) is 10.8 Å². The monoisotopic (exact) mass is 318 g/mol. The highest BCUT2D eigenvalue weighted by molar-refractivity contribution is 6.30. The highest BCUT2D eigenvalue weighted by atomic mass is 35.5. The second-order valence-electron chi connectivity index (χ2n) is 4.86. The molecule has 0 fully saturated rings. The summed E-state index contributed by atoms with van der Waals surface area (Å²) in [5.41, 5.74) is 4.40. The lowest BCUT2D eigenvalue weighted by Crippen LogP contribution is -2.37. The van der Waals surface area contributed by atoms with E-state index in [4.69, 9.17) is 16.4 Å². The highest BCUT2D eigenvalue weighted by Crippen LogP contribution is 2.18. The van der Waals surface area contributed by atoms with Gasteiger partial charge in [0.2, 0.25) is 0 Å². The van der Waals surface area contributed by atoms with Crippen molar-refractivity contribution in [2.75, 3.05) is 0 Å². The molecular formula is C17H19ClN2O2. The predicted octanol–water partition coefficient (Wildman–Crippen LogP) is 4.22. The van der Waals surface area contributed by atoms with Crippen LogP contribution in [0.4, 0.5) is 4.79 Å². The van der Waals surface area contributed by atoms with E-state index >= 15 is 0 Å². The first-order valence-corrected chi connectivity index (χ1v) is 7.54. The molecular weight excluding hydrogens is 300 g/mol. The minimum absolute atomic E-state index is 0.0856. The maximum absolute atomic E-state index is 11.9. The largest absolute Gasteiger partial charge is 0.339 e. The lowest BCUT2D eigenvalue weighted by Gasteiger charge is -2.17. The number of hydrogen-bond donors (Lipinski definition) is 2. The molecule has 0 radical (unpaired) electrons. The smallest absolute Gasteiger partial charge is 0.330 e. The Morgan fingerprint density at radius 1 is 1.14 bits per heavy atom. The molecule has 22 heavy (non-hydrogen) atoms. The van der Waals surface area contributed by atoms with Crippen molar-refractivity contribution in [2.24, 2.45) is 0 Å². The van der Waals surface area contributed by atoms with Crippen molar-refractivity contribution in [3.63, 3.8) is 0 Å². The molecule has 2 amide bonds. The number of carbonyl (C=O) groups excluding carboxylic acids is 1. The van der Waals surface area contributed by atoms with Crippen molar-refractivity contribution < 1.29 is 9.63 Å². The molecule has 0 aliphatic heterocycles. The number of rotatable bonds is 6. The van der Waals surface area contributed by atoms with Crippen LogP contribution in [0.1, 0.15) is 30.5 Å². The van der Waals surface area contributed by atoms with Gasteiger partial charge in [0.05, 0.1) is 12.6 Å². The van der Waals surface area contributed by atoms with E-state index in [-0.39, 0.29) is 12.1 Å². The lowest BCUT2D eigenvalue weighted by molar-refractivity contribution is 0.0480. The molecule has 0 heterocycles. The molecule has 0 aliphatic carbocycles. The van der Waals surface area contributed by atoms with Gasteiger partial charge < -0.3 is 5.32 Å². The van der Waals surface area contributed by atoms with Gasteiger partial charge in [-0.25, -0.2) is 10.3 Å². The van der Waals surface area contributed by atoms with Gasteiger partial charge >= 0.3 is 6.03 Å². The van der Waals surface area contributed by atoms with E-state index in [0.29, 0.717) is 11.6 Å². The van der Waals surface area contributed by atoms with Gasteiger partial charge in [-0.2, -0.15) is 0 Å². The number of hydroxylamine groups is 1. The van der Waals surface area contributed by atoms with Gasteiger partial charge in [0.15, 0.2) is 0 Å². The summed E-state index contributed by atoms with van der Waals surface area (Å²) < 4.78 is 0. The summed E-state index contributed by atoms with van der Waals surface area (Å²) in [4.78, 5) is 17.1. The highest BCUT2D eigenvalue weighted by Gasteiger charge is 2.12. The fourth-order valence-corrected chi connectivity index (χ4v) is 2.19. The van der Waals surface area contributed by atoms with Crippen LogP contribution in [0.25, 0.3) is 0 Å². The van der Waals surface area contributed by atoms with Crippen molar-refractivity contribution in [2.45, 2.75) is 26.0 Å². The number of urea groups is 1. The van der Waals surface area contributed by atoms with Crippen LogP contribution in [0.5, 0.6) is 0 Å². The average molecular weight is 319 g/mol. The van der Waals surface area contributed by atoms with Crippen LogP contribution in [-0.4, -0.2) is 6.03 Å². The Hall–Kier alpha value is -2.04. The number of amides is 2. The van der Waals surface area contributed by atoms with Crippen LogP contribution in [0.15, 0.2) is 54.6 Å². The second-order valence-corrected chi connectivity index (χ2v) is 5.30. The third-order valence-electron chi connectivity index (χ3n) is 3.23. The van der Waals surface area contributed by atoms with Gasteiger partial charge in [0, 0.05) is 5.02 Å². The number of halogens is 1. The van der Waals surface area contributed by atoms with Gasteiger partial charge in [0.1, 0.15) is 0 Å². The molecule has 1 unspecified atom stereocenters. The topological polar surface area (TPSA) is 50.4 Å². The molecule has 2 N–H and O–H groups in total. The van der Waals surface area contributed by atoms with Crippen molar-refractivity contribution in [1.82, 2.24) is 10.8 Å². The van der Waals surface area contributed by atoms with Crippen molar-refractivity contribution >= 4 is 17.6 Å². The van der Waals surface area contributed by atoms with Crippen molar-refractivity contribution in [3.05, 3.63) is 70.7 Å². The summed E-state index contributed by atoms with van der Waals surface area (Å²) in [5.74, 6) is 0. The van der Waals surface area contributed by atoms with Gasteiger partial charge in [-0.1, -0.05) is 61.0 Å². The molecule has 4 nitrogen and oxygen atoms in total. The van der Waals surface area contributed by atoms with Crippen molar-refractivity contribution in [1.29, 1.82) is 0 Å². The van der Waals surface area contributed by atoms with Crippen molar-refractivity contribution in [3.8, 4) is 0 Å². The Bertz CT molecular complexity index is 587. The van der Waals surface area contributed by atoms with E-state index in [1.165, 1.54) is 0 Å². The Kier molecular flexibility index (Phi) is 6.25. The van der Waals surface area contributed by atoms with E-state index in [0.717, 1.165) is 17.5 Å². The fraction of sp³-hybridized carbons (Fsp3) is 0.235. The molecule has 0 saturated heterocycles. The van der Waals surface area contributed by atoms with Gasteiger partial charge in [0.25, 0.3) is 0 Å². The summed E-state index contributed by atoms with van der Waals surface area (Å²) in [6.07, 6.45) is 0.772. The van der Waals surface area contributed by atoms with E-state index in [1.54, 1.807) is 0 Å². The minimum atomic E-state index is -0.363. The maximum Gasteiger partial charge on any atom is 0.339 e. The zero-order chi connectivity index (χ0) is 15.8. The van der Waals surface area contributed by atoms with E-state index < -0.39 is 0 Å².